The average molecular weight is 661 g/mol. The molecule has 0 amide bonds. The first kappa shape index (κ1) is 31.6. The minimum absolute atomic E-state index is 0.0965. The first-order valence-electron chi connectivity index (χ1n) is 17.1. The van der Waals surface area contributed by atoms with Crippen LogP contribution < -0.4 is 4.90 Å². The lowest BCUT2D eigenvalue weighted by atomic mass is 9.98. The molecule has 0 aliphatic carbocycles. The zero-order chi connectivity index (χ0) is 34.9. The van der Waals surface area contributed by atoms with Gasteiger partial charge in [-0.15, -0.1) is 0 Å². The van der Waals surface area contributed by atoms with Gasteiger partial charge in [-0.25, -0.2) is 0 Å². The third-order valence-corrected chi connectivity index (χ3v) is 9.42. The van der Waals surface area contributed by atoms with Crippen LogP contribution in [0.15, 0.2) is 176 Å². The Hall–Kier alpha value is -6.65. The van der Waals surface area contributed by atoms with Crippen LogP contribution in [0.2, 0.25) is 0 Å². The molecule has 0 saturated carbocycles. The second kappa shape index (κ2) is 13.3. The quantitative estimate of drug-likeness (QED) is 0.173. The van der Waals surface area contributed by atoms with Crippen molar-refractivity contribution in [1.82, 2.24) is 4.57 Å². The van der Waals surface area contributed by atoms with E-state index >= 15 is 4.79 Å². The Morgan fingerprint density at radius 1 is 0.510 bits per heavy atom. The molecule has 7 aromatic rings. The van der Waals surface area contributed by atoms with Crippen LogP contribution >= 0.6 is 0 Å². The Morgan fingerprint density at radius 3 is 1.49 bits per heavy atom. The number of Topliss-reactive ketones (excluding diaryl/α,β-unsaturated/α-hetero) is 1. The van der Waals surface area contributed by atoms with Crippen molar-refractivity contribution in [2.45, 2.75) is 13.8 Å². The Bertz CT molecular complexity index is 2410. The first-order chi connectivity index (χ1) is 25.0. The third kappa shape index (κ3) is 5.77. The SMILES string of the molecule is Cc1ccc(N2C(=Cc3c(O)c(-c4ccccc4)c(-c4ccccc4)n3-c3ccc(C)cc3)C(=O)C(c3ccccc3)=C2c2ccccc2)cc1. The molecular weight excluding hydrogens is 625 g/mol. The zero-order valence-electron chi connectivity index (χ0n) is 28.5. The van der Waals surface area contributed by atoms with E-state index in [1.807, 2.05) is 115 Å². The van der Waals surface area contributed by atoms with E-state index in [9.17, 15) is 5.11 Å². The fourth-order valence-electron chi connectivity index (χ4n) is 6.95. The number of carbonyl (C=O) groups excluding carboxylic acids is 1. The highest BCUT2D eigenvalue weighted by Crippen LogP contribution is 2.49. The van der Waals surface area contributed by atoms with Gasteiger partial charge in [0, 0.05) is 11.4 Å². The lowest BCUT2D eigenvalue weighted by Crippen LogP contribution is -2.19. The molecule has 0 saturated heterocycles. The van der Waals surface area contributed by atoms with E-state index in [4.69, 9.17) is 0 Å². The van der Waals surface area contributed by atoms with Crippen LogP contribution in [0.3, 0.4) is 0 Å². The van der Waals surface area contributed by atoms with E-state index in [0.717, 1.165) is 56.1 Å². The fraction of sp³-hybridized carbons (Fsp3) is 0.0426. The van der Waals surface area contributed by atoms with Gasteiger partial charge in [0.1, 0.15) is 5.75 Å². The number of hydrogen-bond donors (Lipinski definition) is 1. The minimum atomic E-state index is -0.126. The molecule has 51 heavy (non-hydrogen) atoms. The summed E-state index contributed by atoms with van der Waals surface area (Å²) in [6.45, 7) is 4.12. The molecule has 4 heteroatoms. The fourth-order valence-corrected chi connectivity index (χ4v) is 6.95. The highest BCUT2D eigenvalue weighted by molar-refractivity contribution is 6.42. The molecule has 6 aromatic carbocycles. The van der Waals surface area contributed by atoms with E-state index in [1.54, 1.807) is 0 Å². The summed E-state index contributed by atoms with van der Waals surface area (Å²) in [4.78, 5) is 17.2. The van der Waals surface area contributed by atoms with Crippen molar-refractivity contribution in [1.29, 1.82) is 0 Å². The van der Waals surface area contributed by atoms with Gasteiger partial charge in [-0.3, -0.25) is 4.79 Å². The predicted octanol–water partition coefficient (Wildman–Crippen LogP) is 11.1. The van der Waals surface area contributed by atoms with Gasteiger partial charge in [-0.2, -0.15) is 0 Å². The molecule has 0 bridgehead atoms. The molecule has 0 spiro atoms. The molecule has 2 heterocycles. The van der Waals surface area contributed by atoms with E-state index in [-0.39, 0.29) is 11.5 Å². The predicted molar refractivity (Wildman–Crippen MR) is 209 cm³/mol. The van der Waals surface area contributed by atoms with Crippen molar-refractivity contribution < 1.29 is 9.90 Å². The third-order valence-electron chi connectivity index (χ3n) is 9.42. The Kier molecular flexibility index (Phi) is 8.27. The van der Waals surface area contributed by atoms with Gasteiger partial charge in [0.25, 0.3) is 0 Å². The van der Waals surface area contributed by atoms with Crippen LogP contribution in [0, 0.1) is 13.8 Å². The van der Waals surface area contributed by atoms with Crippen LogP contribution in [-0.4, -0.2) is 15.5 Å². The van der Waals surface area contributed by atoms with Crippen molar-refractivity contribution in [3.63, 3.8) is 0 Å². The molecular formula is C47H36N2O2. The summed E-state index contributed by atoms with van der Waals surface area (Å²) < 4.78 is 2.09. The molecule has 0 atom stereocenters. The summed E-state index contributed by atoms with van der Waals surface area (Å²) in [6, 6.07) is 56.5. The summed E-state index contributed by atoms with van der Waals surface area (Å²) in [6.07, 6.45) is 1.87. The van der Waals surface area contributed by atoms with Crippen molar-refractivity contribution >= 4 is 28.8 Å². The van der Waals surface area contributed by atoms with E-state index in [2.05, 4.69) is 84.0 Å². The summed E-state index contributed by atoms with van der Waals surface area (Å²) in [7, 11) is 0. The number of hydrogen-bond acceptors (Lipinski definition) is 3. The van der Waals surface area contributed by atoms with Gasteiger partial charge in [-0.1, -0.05) is 157 Å². The molecule has 1 aliphatic rings. The highest BCUT2D eigenvalue weighted by atomic mass is 16.3. The summed E-state index contributed by atoms with van der Waals surface area (Å²) in [5.41, 5.74) is 11.4. The molecule has 1 aromatic heterocycles. The van der Waals surface area contributed by atoms with Crippen LogP contribution in [0.5, 0.6) is 5.75 Å². The molecule has 246 valence electrons. The maximum Gasteiger partial charge on any atom is 0.212 e. The van der Waals surface area contributed by atoms with Gasteiger partial charge in [0.05, 0.1) is 33.9 Å². The lowest BCUT2D eigenvalue weighted by Gasteiger charge is -2.24. The maximum atomic E-state index is 15.1. The number of allylic oxidation sites excluding steroid dienone is 1. The number of benzene rings is 6. The van der Waals surface area contributed by atoms with E-state index < -0.39 is 0 Å². The Labute approximate surface area is 298 Å². The maximum absolute atomic E-state index is 15.1. The number of aromatic nitrogens is 1. The molecule has 1 aliphatic heterocycles. The molecule has 0 unspecified atom stereocenters. The molecule has 1 N–H and O–H groups in total. The van der Waals surface area contributed by atoms with Crippen LogP contribution in [0.25, 0.3) is 45.4 Å². The van der Waals surface area contributed by atoms with Gasteiger partial charge < -0.3 is 14.6 Å². The zero-order valence-corrected chi connectivity index (χ0v) is 28.5. The molecule has 8 rings (SSSR count). The van der Waals surface area contributed by atoms with Crippen LogP contribution in [-0.2, 0) is 4.79 Å². The number of ketones is 1. The van der Waals surface area contributed by atoms with Gasteiger partial charge in [-0.05, 0) is 66.4 Å². The number of aryl methyl sites for hydroxylation is 2. The van der Waals surface area contributed by atoms with Gasteiger partial charge in [0.15, 0.2) is 0 Å². The van der Waals surface area contributed by atoms with Crippen LogP contribution in [0.4, 0.5) is 5.69 Å². The standard InChI is InChI=1S/C47H36N2O2/c1-32-23-27-38(28-24-32)48-40(46(50)42(34-15-7-3-8-16-34)44(48)36-19-11-5-12-20-36)31-41-47(51)43(35-17-9-4-10-18-35)45(37-21-13-6-14-22-37)49(41)39-29-25-33(2)26-30-39/h3-31,50H,1-2H3. The van der Waals surface area contributed by atoms with Gasteiger partial charge in [0.2, 0.25) is 5.78 Å². The number of nitrogens with zero attached hydrogens (tertiary/aromatic N) is 2. The monoisotopic (exact) mass is 660 g/mol. The van der Waals surface area contributed by atoms with Crippen LogP contribution in [0.1, 0.15) is 27.9 Å². The van der Waals surface area contributed by atoms with E-state index in [0.29, 0.717) is 22.5 Å². The summed E-state index contributed by atoms with van der Waals surface area (Å²) in [5, 5.41) is 12.5. The second-order valence-corrected chi connectivity index (χ2v) is 12.8. The Morgan fingerprint density at radius 2 is 0.961 bits per heavy atom. The minimum Gasteiger partial charge on any atom is -0.505 e. The molecule has 4 nitrogen and oxygen atoms in total. The van der Waals surface area contributed by atoms with E-state index in [1.165, 1.54) is 0 Å². The first-order valence-corrected chi connectivity index (χ1v) is 17.1. The normalized spacial score (nSPS) is 13.7. The van der Waals surface area contributed by atoms with Crippen molar-refractivity contribution in [2.24, 2.45) is 0 Å². The van der Waals surface area contributed by atoms with Crippen molar-refractivity contribution in [3.8, 4) is 33.8 Å². The summed E-state index contributed by atoms with van der Waals surface area (Å²) >= 11 is 0. The van der Waals surface area contributed by atoms with Crippen molar-refractivity contribution in [3.05, 3.63) is 204 Å². The number of rotatable bonds is 7. The highest BCUT2D eigenvalue weighted by Gasteiger charge is 2.38. The largest absolute Gasteiger partial charge is 0.505 e. The van der Waals surface area contributed by atoms with Gasteiger partial charge >= 0.3 is 0 Å². The topological polar surface area (TPSA) is 45.5 Å². The lowest BCUT2D eigenvalue weighted by molar-refractivity contribution is -0.110. The Balaban J connectivity index is 1.48. The number of anilines is 1. The molecule has 0 radical (unpaired) electrons. The summed E-state index contributed by atoms with van der Waals surface area (Å²) in [5.74, 6) is -0.0292. The number of aromatic hydroxyl groups is 1. The number of carbonyl (C=O) groups is 1. The van der Waals surface area contributed by atoms with Crippen molar-refractivity contribution in [2.75, 3.05) is 4.90 Å². The molecule has 0 fully saturated rings. The second-order valence-electron chi connectivity index (χ2n) is 12.8. The average Bonchev–Trinajstić information content (AvgIpc) is 3.63. The smallest absolute Gasteiger partial charge is 0.212 e.